The van der Waals surface area contributed by atoms with Crippen LogP contribution in [0.4, 0.5) is 0 Å². The molecule has 1 aliphatic heterocycles. The fourth-order valence-corrected chi connectivity index (χ4v) is 5.05. The van der Waals surface area contributed by atoms with Crippen LogP contribution in [0.15, 0.2) is 23.1 Å². The standard InChI is InChI=1S/C16H21NO3S/c18-12-15-7-3-4-10-17(15)21(19,20)16-9-8-13-5-1-2-6-14(13)11-16/h8-9,11-12,15H,1-7,10H2. The topological polar surface area (TPSA) is 54.5 Å². The number of benzene rings is 1. The number of aryl methyl sites for hydroxylation is 2. The minimum atomic E-state index is -3.55. The fourth-order valence-electron chi connectivity index (χ4n) is 3.37. The molecule has 3 rings (SSSR count). The highest BCUT2D eigenvalue weighted by atomic mass is 32.2. The van der Waals surface area contributed by atoms with Gasteiger partial charge >= 0.3 is 0 Å². The Morgan fingerprint density at radius 2 is 1.81 bits per heavy atom. The first-order chi connectivity index (χ1) is 10.1. The maximum absolute atomic E-state index is 12.8. The molecule has 0 radical (unpaired) electrons. The van der Waals surface area contributed by atoms with E-state index in [1.54, 1.807) is 6.07 Å². The zero-order chi connectivity index (χ0) is 14.9. The molecule has 0 saturated carbocycles. The van der Waals surface area contributed by atoms with Crippen molar-refractivity contribution >= 4 is 16.3 Å². The molecule has 0 bridgehead atoms. The van der Waals surface area contributed by atoms with Gasteiger partial charge in [0.2, 0.25) is 10.0 Å². The van der Waals surface area contributed by atoms with Crippen molar-refractivity contribution in [3.63, 3.8) is 0 Å². The SMILES string of the molecule is O=CC1CCCCN1S(=O)(=O)c1ccc2c(c1)CCCC2. The number of nitrogens with zero attached hydrogens (tertiary/aromatic N) is 1. The normalized spacial score (nSPS) is 23.5. The van der Waals surface area contributed by atoms with Crippen LogP contribution in [-0.2, 0) is 27.7 Å². The Kier molecular flexibility index (Phi) is 4.13. The first-order valence-electron chi connectivity index (χ1n) is 7.72. The molecule has 4 nitrogen and oxygen atoms in total. The van der Waals surface area contributed by atoms with Gasteiger partial charge in [0.15, 0.2) is 0 Å². The van der Waals surface area contributed by atoms with Gasteiger partial charge in [-0.1, -0.05) is 12.5 Å². The van der Waals surface area contributed by atoms with E-state index in [2.05, 4.69) is 0 Å². The molecule has 0 aromatic heterocycles. The lowest BCUT2D eigenvalue weighted by molar-refractivity contribution is -0.111. The molecule has 0 amide bonds. The second-order valence-corrected chi connectivity index (χ2v) is 7.84. The van der Waals surface area contributed by atoms with E-state index < -0.39 is 16.1 Å². The Morgan fingerprint density at radius 3 is 2.57 bits per heavy atom. The van der Waals surface area contributed by atoms with Crippen LogP contribution in [0.25, 0.3) is 0 Å². The van der Waals surface area contributed by atoms with Gasteiger partial charge < -0.3 is 4.79 Å². The lowest BCUT2D eigenvalue weighted by atomic mass is 9.92. The van der Waals surface area contributed by atoms with E-state index in [0.717, 1.165) is 44.0 Å². The van der Waals surface area contributed by atoms with E-state index in [-0.39, 0.29) is 0 Å². The Morgan fingerprint density at radius 1 is 1.05 bits per heavy atom. The molecular weight excluding hydrogens is 286 g/mol. The molecule has 1 atom stereocenters. The predicted octanol–water partition coefficient (Wildman–Crippen LogP) is 2.31. The van der Waals surface area contributed by atoms with Crippen molar-refractivity contribution in [3.8, 4) is 0 Å². The van der Waals surface area contributed by atoms with Crippen molar-refractivity contribution in [2.24, 2.45) is 0 Å². The molecule has 21 heavy (non-hydrogen) atoms. The summed E-state index contributed by atoms with van der Waals surface area (Å²) in [5.74, 6) is 0. The van der Waals surface area contributed by atoms with Gasteiger partial charge in [0.1, 0.15) is 6.29 Å². The van der Waals surface area contributed by atoms with Crippen molar-refractivity contribution in [1.82, 2.24) is 4.31 Å². The summed E-state index contributed by atoms with van der Waals surface area (Å²) in [5.41, 5.74) is 2.42. The summed E-state index contributed by atoms with van der Waals surface area (Å²) in [7, 11) is -3.55. The maximum Gasteiger partial charge on any atom is 0.243 e. The van der Waals surface area contributed by atoms with E-state index in [1.165, 1.54) is 16.3 Å². The number of sulfonamides is 1. The number of piperidine rings is 1. The largest absolute Gasteiger partial charge is 0.302 e. The minimum absolute atomic E-state index is 0.344. The average molecular weight is 307 g/mol. The van der Waals surface area contributed by atoms with Gasteiger partial charge in [0.05, 0.1) is 10.9 Å². The van der Waals surface area contributed by atoms with Crippen molar-refractivity contribution in [1.29, 1.82) is 0 Å². The third kappa shape index (κ3) is 2.77. The van der Waals surface area contributed by atoms with Crippen LogP contribution >= 0.6 is 0 Å². The molecule has 0 N–H and O–H groups in total. The first-order valence-corrected chi connectivity index (χ1v) is 9.16. The van der Waals surface area contributed by atoms with Crippen LogP contribution in [0.5, 0.6) is 0 Å². The predicted molar refractivity (Wildman–Crippen MR) is 80.7 cm³/mol. The lowest BCUT2D eigenvalue weighted by Crippen LogP contribution is -2.44. The van der Waals surface area contributed by atoms with Crippen LogP contribution in [0.1, 0.15) is 43.2 Å². The summed E-state index contributed by atoms with van der Waals surface area (Å²) < 4.78 is 27.0. The summed E-state index contributed by atoms with van der Waals surface area (Å²) >= 11 is 0. The smallest absolute Gasteiger partial charge is 0.243 e. The van der Waals surface area contributed by atoms with Crippen molar-refractivity contribution in [2.45, 2.75) is 55.9 Å². The number of aldehydes is 1. The Hall–Kier alpha value is -1.20. The van der Waals surface area contributed by atoms with Gasteiger partial charge in [-0.3, -0.25) is 0 Å². The second kappa shape index (κ2) is 5.89. The van der Waals surface area contributed by atoms with Gasteiger partial charge in [-0.25, -0.2) is 8.42 Å². The first kappa shape index (κ1) is 14.7. The summed E-state index contributed by atoms with van der Waals surface area (Å²) in [6.07, 6.45) is 7.44. The van der Waals surface area contributed by atoms with Crippen LogP contribution in [0.3, 0.4) is 0 Å². The summed E-state index contributed by atoms with van der Waals surface area (Å²) in [6.45, 7) is 0.447. The molecule has 1 heterocycles. The van der Waals surface area contributed by atoms with Crippen molar-refractivity contribution < 1.29 is 13.2 Å². The van der Waals surface area contributed by atoms with Crippen LogP contribution < -0.4 is 0 Å². The highest BCUT2D eigenvalue weighted by Crippen LogP contribution is 2.28. The Labute approximate surface area is 126 Å². The third-order valence-electron chi connectivity index (χ3n) is 4.58. The van der Waals surface area contributed by atoms with E-state index in [0.29, 0.717) is 17.9 Å². The number of carbonyl (C=O) groups excluding carboxylic acids is 1. The van der Waals surface area contributed by atoms with E-state index in [4.69, 9.17) is 0 Å². The quantitative estimate of drug-likeness (QED) is 0.805. The highest BCUT2D eigenvalue weighted by Gasteiger charge is 2.33. The summed E-state index contributed by atoms with van der Waals surface area (Å²) in [5, 5.41) is 0. The summed E-state index contributed by atoms with van der Waals surface area (Å²) in [4.78, 5) is 11.5. The molecule has 1 unspecified atom stereocenters. The van der Waals surface area contributed by atoms with Crippen LogP contribution in [-0.4, -0.2) is 31.6 Å². The molecular formula is C16H21NO3S. The second-order valence-electron chi connectivity index (χ2n) is 5.95. The van der Waals surface area contributed by atoms with E-state index in [1.807, 2.05) is 12.1 Å². The number of hydrogen-bond acceptors (Lipinski definition) is 3. The maximum atomic E-state index is 12.8. The minimum Gasteiger partial charge on any atom is -0.302 e. The molecule has 1 aromatic carbocycles. The monoisotopic (exact) mass is 307 g/mol. The highest BCUT2D eigenvalue weighted by molar-refractivity contribution is 7.89. The molecule has 1 fully saturated rings. The van der Waals surface area contributed by atoms with Crippen LogP contribution in [0.2, 0.25) is 0 Å². The van der Waals surface area contributed by atoms with Crippen LogP contribution in [0, 0.1) is 0 Å². The number of rotatable bonds is 3. The molecule has 114 valence electrons. The molecule has 1 aromatic rings. The van der Waals surface area contributed by atoms with Gasteiger partial charge in [-0.15, -0.1) is 0 Å². The Balaban J connectivity index is 1.95. The average Bonchev–Trinajstić information content (AvgIpc) is 2.54. The van der Waals surface area contributed by atoms with E-state index in [9.17, 15) is 13.2 Å². The Bertz CT molecular complexity index is 639. The molecule has 2 aliphatic rings. The number of carbonyl (C=O) groups is 1. The number of hydrogen-bond donors (Lipinski definition) is 0. The van der Waals surface area contributed by atoms with Gasteiger partial charge in [0, 0.05) is 6.54 Å². The van der Waals surface area contributed by atoms with E-state index >= 15 is 0 Å². The lowest BCUT2D eigenvalue weighted by Gasteiger charge is -2.31. The summed E-state index contributed by atoms with van der Waals surface area (Å²) in [6, 6.07) is 4.97. The van der Waals surface area contributed by atoms with Gasteiger partial charge in [-0.2, -0.15) is 4.31 Å². The fraction of sp³-hybridized carbons (Fsp3) is 0.562. The zero-order valence-electron chi connectivity index (χ0n) is 12.1. The molecule has 1 aliphatic carbocycles. The van der Waals surface area contributed by atoms with Crippen molar-refractivity contribution in [3.05, 3.63) is 29.3 Å². The zero-order valence-corrected chi connectivity index (χ0v) is 12.9. The van der Waals surface area contributed by atoms with Crippen molar-refractivity contribution in [2.75, 3.05) is 6.54 Å². The number of fused-ring (bicyclic) bond motifs is 1. The van der Waals surface area contributed by atoms with Gasteiger partial charge in [0.25, 0.3) is 0 Å². The molecule has 1 saturated heterocycles. The molecule has 5 heteroatoms. The molecule has 0 spiro atoms. The third-order valence-corrected chi connectivity index (χ3v) is 6.50. The van der Waals surface area contributed by atoms with Gasteiger partial charge in [-0.05, 0) is 61.8 Å².